The van der Waals surface area contributed by atoms with Gasteiger partial charge in [-0.25, -0.2) is 8.78 Å². The zero-order valence-electron chi connectivity index (χ0n) is 8.72. The zero-order valence-corrected chi connectivity index (χ0v) is 8.72. The summed E-state index contributed by atoms with van der Waals surface area (Å²) in [5.41, 5.74) is 0. The van der Waals surface area contributed by atoms with Crippen molar-refractivity contribution in [2.75, 3.05) is 20.2 Å². The Kier molecular flexibility index (Phi) is 5.04. The summed E-state index contributed by atoms with van der Waals surface area (Å²) in [6.45, 7) is 1.21. The molecule has 1 N–H and O–H groups in total. The highest BCUT2D eigenvalue weighted by Crippen LogP contribution is 2.20. The Morgan fingerprint density at radius 2 is 1.87 bits per heavy atom. The summed E-state index contributed by atoms with van der Waals surface area (Å²) in [5, 5.41) is 2.99. The summed E-state index contributed by atoms with van der Waals surface area (Å²) >= 11 is 0. The van der Waals surface area contributed by atoms with E-state index in [4.69, 9.17) is 4.74 Å². The van der Waals surface area contributed by atoms with Crippen molar-refractivity contribution in [1.82, 2.24) is 5.32 Å². The van der Waals surface area contributed by atoms with Crippen LogP contribution in [0.5, 0.6) is 5.75 Å². The van der Waals surface area contributed by atoms with Crippen molar-refractivity contribution in [2.24, 2.45) is 0 Å². The lowest BCUT2D eigenvalue weighted by Gasteiger charge is -2.07. The third kappa shape index (κ3) is 3.83. The standard InChI is InChI=1S/C11H15F2NO/c1-14-7-2-3-8-15-11-9(12)5-4-6-10(11)13/h4-6,14H,2-3,7-8H2,1H3. The molecule has 1 aromatic carbocycles. The van der Waals surface area contributed by atoms with E-state index in [0.717, 1.165) is 19.4 Å². The van der Waals surface area contributed by atoms with Gasteiger partial charge < -0.3 is 10.1 Å². The molecule has 0 aromatic heterocycles. The van der Waals surface area contributed by atoms with Crippen LogP contribution in [-0.4, -0.2) is 20.2 Å². The third-order valence-electron chi connectivity index (χ3n) is 1.99. The molecule has 0 saturated heterocycles. The predicted molar refractivity (Wildman–Crippen MR) is 55.0 cm³/mol. The van der Waals surface area contributed by atoms with Crippen LogP contribution in [0.25, 0.3) is 0 Å². The fraction of sp³-hybridized carbons (Fsp3) is 0.455. The molecular weight excluding hydrogens is 200 g/mol. The maximum Gasteiger partial charge on any atom is 0.190 e. The van der Waals surface area contributed by atoms with Crippen molar-refractivity contribution in [3.63, 3.8) is 0 Å². The second kappa shape index (κ2) is 6.35. The normalized spacial score (nSPS) is 10.3. The van der Waals surface area contributed by atoms with E-state index in [0.29, 0.717) is 6.61 Å². The highest BCUT2D eigenvalue weighted by atomic mass is 19.1. The lowest BCUT2D eigenvalue weighted by atomic mass is 10.3. The Balaban J connectivity index is 2.37. The molecule has 0 aliphatic rings. The molecule has 0 fully saturated rings. The fourth-order valence-electron chi connectivity index (χ4n) is 1.20. The van der Waals surface area contributed by atoms with Crippen molar-refractivity contribution < 1.29 is 13.5 Å². The van der Waals surface area contributed by atoms with Gasteiger partial charge in [-0.1, -0.05) is 6.07 Å². The van der Waals surface area contributed by atoms with Gasteiger partial charge in [-0.15, -0.1) is 0 Å². The van der Waals surface area contributed by atoms with Crippen LogP contribution in [0.15, 0.2) is 18.2 Å². The highest BCUT2D eigenvalue weighted by molar-refractivity contribution is 5.25. The fourth-order valence-corrected chi connectivity index (χ4v) is 1.20. The van der Waals surface area contributed by atoms with Crippen molar-refractivity contribution in [2.45, 2.75) is 12.8 Å². The quantitative estimate of drug-likeness (QED) is 0.735. The van der Waals surface area contributed by atoms with Gasteiger partial charge in [-0.2, -0.15) is 0 Å². The van der Waals surface area contributed by atoms with Crippen molar-refractivity contribution in [1.29, 1.82) is 0 Å². The molecule has 2 nitrogen and oxygen atoms in total. The average molecular weight is 215 g/mol. The smallest absolute Gasteiger partial charge is 0.190 e. The number of benzene rings is 1. The van der Waals surface area contributed by atoms with Crippen LogP contribution in [0, 0.1) is 11.6 Å². The van der Waals surface area contributed by atoms with Gasteiger partial charge in [0, 0.05) is 0 Å². The molecule has 0 aliphatic carbocycles. The third-order valence-corrected chi connectivity index (χ3v) is 1.99. The lowest BCUT2D eigenvalue weighted by Crippen LogP contribution is -2.09. The first-order valence-corrected chi connectivity index (χ1v) is 4.97. The van der Waals surface area contributed by atoms with E-state index in [1.54, 1.807) is 0 Å². The first-order valence-electron chi connectivity index (χ1n) is 4.97. The summed E-state index contributed by atoms with van der Waals surface area (Å²) in [7, 11) is 1.86. The van der Waals surface area contributed by atoms with E-state index < -0.39 is 11.6 Å². The van der Waals surface area contributed by atoms with Crippen LogP contribution >= 0.6 is 0 Å². The molecule has 0 aliphatic heterocycles. The first kappa shape index (κ1) is 11.9. The van der Waals surface area contributed by atoms with Gasteiger partial charge in [0.2, 0.25) is 0 Å². The molecule has 0 unspecified atom stereocenters. The molecule has 0 heterocycles. The molecule has 4 heteroatoms. The van der Waals surface area contributed by atoms with E-state index in [9.17, 15) is 8.78 Å². The second-order valence-corrected chi connectivity index (χ2v) is 3.21. The van der Waals surface area contributed by atoms with Gasteiger partial charge in [0.1, 0.15) is 0 Å². The molecule has 0 radical (unpaired) electrons. The predicted octanol–water partition coefficient (Wildman–Crippen LogP) is 2.34. The Morgan fingerprint density at radius 3 is 2.47 bits per heavy atom. The number of hydrogen-bond donors (Lipinski definition) is 1. The van der Waals surface area contributed by atoms with Gasteiger partial charge in [0.05, 0.1) is 6.61 Å². The molecule has 0 amide bonds. The number of para-hydroxylation sites is 1. The van der Waals surface area contributed by atoms with Crippen LogP contribution in [-0.2, 0) is 0 Å². The van der Waals surface area contributed by atoms with Crippen LogP contribution in [0.1, 0.15) is 12.8 Å². The van der Waals surface area contributed by atoms with E-state index in [-0.39, 0.29) is 5.75 Å². The van der Waals surface area contributed by atoms with E-state index >= 15 is 0 Å². The average Bonchev–Trinajstić information content (AvgIpc) is 2.21. The minimum absolute atomic E-state index is 0.276. The number of halogens is 2. The minimum Gasteiger partial charge on any atom is -0.488 e. The molecule has 0 atom stereocenters. The summed E-state index contributed by atoms with van der Waals surface area (Å²) in [6, 6.07) is 3.69. The topological polar surface area (TPSA) is 21.3 Å². The maximum atomic E-state index is 13.0. The van der Waals surface area contributed by atoms with E-state index in [1.165, 1.54) is 18.2 Å². The number of ether oxygens (including phenoxy) is 1. The summed E-state index contributed by atoms with van der Waals surface area (Å²) in [4.78, 5) is 0. The van der Waals surface area contributed by atoms with Gasteiger partial charge in [-0.3, -0.25) is 0 Å². The second-order valence-electron chi connectivity index (χ2n) is 3.21. The molecule has 0 bridgehead atoms. The Bertz CT molecular complexity index is 284. The van der Waals surface area contributed by atoms with Crippen molar-refractivity contribution in [3.05, 3.63) is 29.8 Å². The summed E-state index contributed by atoms with van der Waals surface area (Å²) in [5.74, 6) is -1.57. The Hall–Kier alpha value is -1.16. The van der Waals surface area contributed by atoms with E-state index in [2.05, 4.69) is 5.32 Å². The molecular formula is C11H15F2NO. The SMILES string of the molecule is CNCCCCOc1c(F)cccc1F. The highest BCUT2D eigenvalue weighted by Gasteiger charge is 2.08. The van der Waals surface area contributed by atoms with Crippen molar-refractivity contribution in [3.8, 4) is 5.75 Å². The summed E-state index contributed by atoms with van der Waals surface area (Å²) < 4.78 is 31.1. The first-order chi connectivity index (χ1) is 7.25. The Labute approximate surface area is 88.3 Å². The number of hydrogen-bond acceptors (Lipinski definition) is 2. The molecule has 84 valence electrons. The van der Waals surface area contributed by atoms with Gasteiger partial charge in [-0.05, 0) is 38.6 Å². The van der Waals surface area contributed by atoms with Crippen molar-refractivity contribution >= 4 is 0 Å². The lowest BCUT2D eigenvalue weighted by molar-refractivity contribution is 0.276. The van der Waals surface area contributed by atoms with Crippen LogP contribution in [0.2, 0.25) is 0 Å². The summed E-state index contributed by atoms with van der Waals surface area (Å²) in [6.07, 6.45) is 1.70. The van der Waals surface area contributed by atoms with Gasteiger partial charge in [0.25, 0.3) is 0 Å². The van der Waals surface area contributed by atoms with Gasteiger partial charge in [0.15, 0.2) is 17.4 Å². The largest absolute Gasteiger partial charge is 0.488 e. The number of unbranched alkanes of at least 4 members (excludes halogenated alkanes) is 1. The zero-order chi connectivity index (χ0) is 11.1. The Morgan fingerprint density at radius 1 is 1.20 bits per heavy atom. The molecule has 0 saturated carbocycles. The number of nitrogens with one attached hydrogen (secondary N) is 1. The van der Waals surface area contributed by atoms with Crippen LogP contribution in [0.3, 0.4) is 0 Å². The number of rotatable bonds is 6. The monoisotopic (exact) mass is 215 g/mol. The van der Waals surface area contributed by atoms with E-state index in [1.807, 2.05) is 7.05 Å². The van der Waals surface area contributed by atoms with Crippen LogP contribution in [0.4, 0.5) is 8.78 Å². The molecule has 1 rings (SSSR count). The van der Waals surface area contributed by atoms with Gasteiger partial charge >= 0.3 is 0 Å². The minimum atomic E-state index is -0.649. The van der Waals surface area contributed by atoms with Crippen LogP contribution < -0.4 is 10.1 Å². The molecule has 1 aromatic rings. The molecule has 0 spiro atoms. The molecule has 15 heavy (non-hydrogen) atoms. The maximum absolute atomic E-state index is 13.0.